The van der Waals surface area contributed by atoms with E-state index in [1.54, 1.807) is 6.07 Å². The zero-order chi connectivity index (χ0) is 21.1. The number of carbonyl (C=O) groups excluding carboxylic acids is 3. The highest BCUT2D eigenvalue weighted by Gasteiger charge is 2.29. The minimum atomic E-state index is -0.822. The predicted molar refractivity (Wildman–Crippen MR) is 110 cm³/mol. The molecule has 30 heavy (non-hydrogen) atoms. The van der Waals surface area contributed by atoms with Crippen molar-refractivity contribution in [3.05, 3.63) is 29.6 Å². The molecular formula is C21H28FN5O3. The lowest BCUT2D eigenvalue weighted by molar-refractivity contribution is -0.134. The lowest BCUT2D eigenvalue weighted by atomic mass is 10.0. The van der Waals surface area contributed by atoms with E-state index in [2.05, 4.69) is 25.8 Å². The van der Waals surface area contributed by atoms with Crippen molar-refractivity contribution >= 4 is 23.4 Å². The van der Waals surface area contributed by atoms with Crippen LogP contribution in [-0.2, 0) is 9.59 Å². The Balaban J connectivity index is 1.34. The van der Waals surface area contributed by atoms with Crippen molar-refractivity contribution in [2.75, 3.05) is 44.2 Å². The molecule has 0 aromatic heterocycles. The first-order valence-electron chi connectivity index (χ1n) is 10.6. The van der Waals surface area contributed by atoms with Gasteiger partial charge in [0.2, 0.25) is 11.8 Å². The largest absolute Gasteiger partial charge is 0.369 e. The Morgan fingerprint density at radius 3 is 2.47 bits per heavy atom. The van der Waals surface area contributed by atoms with E-state index in [1.807, 2.05) is 0 Å². The molecule has 8 nitrogen and oxygen atoms in total. The summed E-state index contributed by atoms with van der Waals surface area (Å²) in [7, 11) is 0. The molecule has 3 heterocycles. The number of piperidine rings is 2. The van der Waals surface area contributed by atoms with Gasteiger partial charge in [-0.1, -0.05) is 0 Å². The molecule has 3 fully saturated rings. The van der Waals surface area contributed by atoms with Crippen LogP contribution in [-0.4, -0.2) is 74.0 Å². The number of halogens is 1. The average Bonchev–Trinajstić information content (AvgIpc) is 2.76. The third kappa shape index (κ3) is 4.62. The first-order chi connectivity index (χ1) is 14.5. The number of carbonyl (C=O) groups is 3. The van der Waals surface area contributed by atoms with Crippen LogP contribution in [0.15, 0.2) is 18.2 Å². The van der Waals surface area contributed by atoms with E-state index < -0.39 is 23.7 Å². The van der Waals surface area contributed by atoms with Crippen molar-refractivity contribution in [3.8, 4) is 0 Å². The van der Waals surface area contributed by atoms with Crippen LogP contribution < -0.4 is 20.9 Å². The summed E-state index contributed by atoms with van der Waals surface area (Å²) in [6.45, 7) is 5.68. The quantitative estimate of drug-likeness (QED) is 0.608. The summed E-state index contributed by atoms with van der Waals surface area (Å²) in [5.41, 5.74) is 0.659. The van der Waals surface area contributed by atoms with Gasteiger partial charge in [-0.2, -0.15) is 0 Å². The fourth-order valence-corrected chi connectivity index (χ4v) is 4.47. The third-order valence-electron chi connectivity index (χ3n) is 6.25. The highest BCUT2D eigenvalue weighted by atomic mass is 19.1. The van der Waals surface area contributed by atoms with Gasteiger partial charge in [-0.05, 0) is 50.6 Å². The molecule has 1 aromatic rings. The fourth-order valence-electron chi connectivity index (χ4n) is 4.47. The molecule has 0 radical (unpaired) electrons. The predicted octanol–water partition coefficient (Wildman–Crippen LogP) is 0.235. The fraction of sp³-hybridized carbons (Fsp3) is 0.571. The molecule has 1 aromatic carbocycles. The second-order valence-electron chi connectivity index (χ2n) is 8.15. The smallest absolute Gasteiger partial charge is 0.254 e. The number of benzene rings is 1. The van der Waals surface area contributed by atoms with E-state index in [1.165, 1.54) is 25.0 Å². The van der Waals surface area contributed by atoms with Gasteiger partial charge in [0.1, 0.15) is 11.9 Å². The number of hydrogen-bond donors (Lipinski definition) is 3. The maximum atomic E-state index is 14.7. The molecule has 3 aliphatic rings. The summed E-state index contributed by atoms with van der Waals surface area (Å²) in [5.74, 6) is -2.17. The van der Waals surface area contributed by atoms with Gasteiger partial charge in [0.25, 0.3) is 5.91 Å². The lowest BCUT2D eigenvalue weighted by Crippen LogP contribution is -2.53. The number of hydrogen-bond acceptors (Lipinski definition) is 6. The molecule has 162 valence electrons. The van der Waals surface area contributed by atoms with Crippen LogP contribution >= 0.6 is 0 Å². The molecule has 4 rings (SSSR count). The lowest BCUT2D eigenvalue weighted by Gasteiger charge is -2.41. The van der Waals surface area contributed by atoms with Crippen molar-refractivity contribution in [1.29, 1.82) is 0 Å². The second kappa shape index (κ2) is 9.09. The number of imide groups is 1. The third-order valence-corrected chi connectivity index (χ3v) is 6.25. The van der Waals surface area contributed by atoms with Crippen LogP contribution in [0.1, 0.15) is 36.0 Å². The van der Waals surface area contributed by atoms with Crippen molar-refractivity contribution in [3.63, 3.8) is 0 Å². The van der Waals surface area contributed by atoms with Crippen LogP contribution in [0.5, 0.6) is 0 Å². The molecule has 0 unspecified atom stereocenters. The number of piperazine rings is 1. The van der Waals surface area contributed by atoms with E-state index in [0.717, 1.165) is 45.0 Å². The summed E-state index contributed by atoms with van der Waals surface area (Å²) in [5, 5.41) is 8.09. The van der Waals surface area contributed by atoms with Crippen LogP contribution in [0.4, 0.5) is 10.1 Å². The number of anilines is 1. The van der Waals surface area contributed by atoms with Gasteiger partial charge in [-0.25, -0.2) is 4.39 Å². The molecule has 0 bridgehead atoms. The standard InChI is InChI=1S/C21H28FN5O3/c22-17-13-15(27-11-9-26(10-12-27)14-5-7-23-8-6-14)1-2-16(17)20(29)24-18-3-4-19(28)25-21(18)30/h1-2,13-14,18,23H,3-12H2,(H,24,29)(H,25,28,30)/t18-/m1/s1. The van der Waals surface area contributed by atoms with Crippen LogP contribution in [0.2, 0.25) is 0 Å². The van der Waals surface area contributed by atoms with Crippen LogP contribution in [0.25, 0.3) is 0 Å². The van der Waals surface area contributed by atoms with Crippen molar-refractivity contribution in [2.45, 2.75) is 37.8 Å². The maximum absolute atomic E-state index is 14.7. The topological polar surface area (TPSA) is 93.8 Å². The second-order valence-corrected chi connectivity index (χ2v) is 8.15. The summed E-state index contributed by atoms with van der Waals surface area (Å²) >= 11 is 0. The first-order valence-corrected chi connectivity index (χ1v) is 10.6. The van der Waals surface area contributed by atoms with Gasteiger partial charge < -0.3 is 15.5 Å². The summed E-state index contributed by atoms with van der Waals surface area (Å²) < 4.78 is 14.7. The molecule has 3 aliphatic heterocycles. The number of nitrogens with zero attached hydrogens (tertiary/aromatic N) is 2. The SMILES string of the molecule is O=C1CC[C@@H](NC(=O)c2ccc(N3CCN(C4CCNCC4)CC3)cc2F)C(=O)N1. The molecule has 3 N–H and O–H groups in total. The van der Waals surface area contributed by atoms with Gasteiger partial charge in [-0.3, -0.25) is 24.6 Å². The van der Waals surface area contributed by atoms with Crippen molar-refractivity contribution in [2.24, 2.45) is 0 Å². The number of nitrogens with one attached hydrogen (secondary N) is 3. The molecule has 3 saturated heterocycles. The van der Waals surface area contributed by atoms with Crippen LogP contribution in [0.3, 0.4) is 0 Å². The molecule has 9 heteroatoms. The normalized spacial score (nSPS) is 23.9. The molecule has 0 spiro atoms. The number of amides is 3. The van der Waals surface area contributed by atoms with E-state index in [4.69, 9.17) is 0 Å². The van der Waals surface area contributed by atoms with Gasteiger partial charge in [0.15, 0.2) is 0 Å². The zero-order valence-electron chi connectivity index (χ0n) is 17.0. The molecule has 3 amide bonds. The van der Waals surface area contributed by atoms with E-state index in [-0.39, 0.29) is 24.3 Å². The Labute approximate surface area is 175 Å². The van der Waals surface area contributed by atoms with Crippen molar-refractivity contribution < 1.29 is 18.8 Å². The summed E-state index contributed by atoms with van der Waals surface area (Å²) in [4.78, 5) is 40.1. The van der Waals surface area contributed by atoms with Gasteiger partial charge in [0.05, 0.1) is 5.56 Å². The zero-order valence-corrected chi connectivity index (χ0v) is 17.0. The van der Waals surface area contributed by atoms with Gasteiger partial charge in [-0.15, -0.1) is 0 Å². The highest BCUT2D eigenvalue weighted by Crippen LogP contribution is 2.22. The van der Waals surface area contributed by atoms with Gasteiger partial charge in [0, 0.05) is 44.3 Å². The first kappa shape index (κ1) is 20.7. The minimum Gasteiger partial charge on any atom is -0.369 e. The summed E-state index contributed by atoms with van der Waals surface area (Å²) in [6.07, 6.45) is 2.72. The van der Waals surface area contributed by atoms with E-state index in [0.29, 0.717) is 6.04 Å². The highest BCUT2D eigenvalue weighted by molar-refractivity contribution is 6.03. The number of rotatable bonds is 4. The minimum absolute atomic E-state index is 0.100. The molecule has 0 saturated carbocycles. The van der Waals surface area contributed by atoms with Gasteiger partial charge >= 0.3 is 0 Å². The van der Waals surface area contributed by atoms with Crippen LogP contribution in [0, 0.1) is 5.82 Å². The maximum Gasteiger partial charge on any atom is 0.254 e. The monoisotopic (exact) mass is 417 g/mol. The average molecular weight is 417 g/mol. The molecular weight excluding hydrogens is 389 g/mol. The molecule has 0 aliphatic carbocycles. The Kier molecular flexibility index (Phi) is 6.29. The Morgan fingerprint density at radius 2 is 1.80 bits per heavy atom. The van der Waals surface area contributed by atoms with E-state index >= 15 is 0 Å². The molecule has 1 atom stereocenters. The summed E-state index contributed by atoms with van der Waals surface area (Å²) in [6, 6.07) is 4.41. The van der Waals surface area contributed by atoms with E-state index in [9.17, 15) is 18.8 Å². The Bertz CT molecular complexity index is 819. The Morgan fingerprint density at radius 1 is 1.07 bits per heavy atom. The van der Waals surface area contributed by atoms with Crippen molar-refractivity contribution in [1.82, 2.24) is 20.9 Å². The Hall–Kier alpha value is -2.52.